The molecule has 0 aliphatic heterocycles. The van der Waals surface area contributed by atoms with Gasteiger partial charge in [0.1, 0.15) is 5.69 Å². The summed E-state index contributed by atoms with van der Waals surface area (Å²) in [6, 6.07) is 0.153. The van der Waals surface area contributed by atoms with Gasteiger partial charge in [0.05, 0.1) is 23.4 Å². The normalized spacial score (nSPS) is 25.8. The van der Waals surface area contributed by atoms with Gasteiger partial charge < -0.3 is 10.1 Å². The van der Waals surface area contributed by atoms with Gasteiger partial charge in [0.2, 0.25) is 0 Å². The second-order valence-electron chi connectivity index (χ2n) is 6.11. The summed E-state index contributed by atoms with van der Waals surface area (Å²) >= 11 is 6.18. The van der Waals surface area contributed by atoms with Crippen LogP contribution in [0.25, 0.3) is 0 Å². The minimum atomic E-state index is -0.115. The van der Waals surface area contributed by atoms with Gasteiger partial charge in [-0.1, -0.05) is 18.0 Å². The van der Waals surface area contributed by atoms with Gasteiger partial charge in [-0.15, -0.1) is 0 Å². The first-order valence-electron chi connectivity index (χ1n) is 7.74. The molecule has 2 aliphatic rings. The molecule has 5 nitrogen and oxygen atoms in total. The highest BCUT2D eigenvalue weighted by atomic mass is 35.5. The molecule has 1 N–H and O–H groups in total. The van der Waals surface area contributed by atoms with Gasteiger partial charge >= 0.3 is 0 Å². The third-order valence-electron chi connectivity index (χ3n) is 4.74. The fourth-order valence-corrected chi connectivity index (χ4v) is 3.39. The van der Waals surface area contributed by atoms with E-state index in [4.69, 9.17) is 16.3 Å². The Kier molecular flexibility index (Phi) is 4.50. The summed E-state index contributed by atoms with van der Waals surface area (Å²) in [6.07, 6.45) is 8.48. The summed E-state index contributed by atoms with van der Waals surface area (Å²) in [5.74, 6) is 0.586. The lowest BCUT2D eigenvalue weighted by Crippen LogP contribution is -2.36. The van der Waals surface area contributed by atoms with Crippen molar-refractivity contribution < 1.29 is 4.74 Å². The average Bonchev–Trinajstić information content (AvgIpc) is 2.88. The molecular weight excluding hydrogens is 290 g/mol. The maximum atomic E-state index is 12.6. The van der Waals surface area contributed by atoms with Crippen LogP contribution in [0.15, 0.2) is 11.0 Å². The van der Waals surface area contributed by atoms with Crippen molar-refractivity contribution >= 4 is 17.3 Å². The number of hydrogen-bond donors (Lipinski definition) is 1. The molecule has 0 saturated heterocycles. The molecule has 2 aliphatic carbocycles. The average molecular weight is 312 g/mol. The molecule has 0 aromatic carbocycles. The minimum Gasteiger partial charge on any atom is -0.379 e. The third-order valence-corrected chi connectivity index (χ3v) is 5.03. The third kappa shape index (κ3) is 3.09. The van der Waals surface area contributed by atoms with Crippen molar-refractivity contribution in [3.63, 3.8) is 0 Å². The zero-order chi connectivity index (χ0) is 14.8. The fourth-order valence-electron chi connectivity index (χ4n) is 3.21. The highest BCUT2D eigenvalue weighted by Crippen LogP contribution is 2.28. The van der Waals surface area contributed by atoms with Crippen molar-refractivity contribution in [2.24, 2.45) is 5.92 Å². The van der Waals surface area contributed by atoms with Gasteiger partial charge in [0, 0.05) is 13.7 Å². The van der Waals surface area contributed by atoms with E-state index in [0.29, 0.717) is 23.2 Å². The first-order valence-corrected chi connectivity index (χ1v) is 8.11. The molecule has 3 rings (SSSR count). The van der Waals surface area contributed by atoms with Crippen molar-refractivity contribution in [3.05, 3.63) is 21.6 Å². The molecule has 2 fully saturated rings. The Morgan fingerprint density at radius 3 is 2.81 bits per heavy atom. The Balaban J connectivity index is 1.79. The lowest BCUT2D eigenvalue weighted by molar-refractivity contribution is 0.101. The second-order valence-corrected chi connectivity index (χ2v) is 6.51. The summed E-state index contributed by atoms with van der Waals surface area (Å²) < 4.78 is 7.02. The van der Waals surface area contributed by atoms with E-state index in [9.17, 15) is 4.79 Å². The Morgan fingerprint density at radius 1 is 1.38 bits per heavy atom. The maximum Gasteiger partial charge on any atom is 0.291 e. The van der Waals surface area contributed by atoms with E-state index in [0.717, 1.165) is 19.3 Å². The maximum absolute atomic E-state index is 12.6. The van der Waals surface area contributed by atoms with Crippen LogP contribution < -0.4 is 10.9 Å². The van der Waals surface area contributed by atoms with Crippen LogP contribution in [-0.2, 0) is 11.3 Å². The Labute approximate surface area is 129 Å². The van der Waals surface area contributed by atoms with E-state index >= 15 is 0 Å². The molecule has 2 saturated carbocycles. The van der Waals surface area contributed by atoms with E-state index in [1.807, 2.05) is 0 Å². The number of aromatic nitrogens is 2. The van der Waals surface area contributed by atoms with Crippen LogP contribution in [0.2, 0.25) is 5.02 Å². The van der Waals surface area contributed by atoms with Crippen LogP contribution in [0.1, 0.15) is 38.5 Å². The highest BCUT2D eigenvalue weighted by Gasteiger charge is 2.29. The topological polar surface area (TPSA) is 56.1 Å². The fraction of sp³-hybridized carbons (Fsp3) is 0.733. The molecule has 6 heteroatoms. The molecular formula is C15H22ClN3O2. The molecule has 2 atom stereocenters. The van der Waals surface area contributed by atoms with E-state index in [1.54, 1.807) is 18.0 Å². The van der Waals surface area contributed by atoms with Crippen molar-refractivity contribution in [1.29, 1.82) is 0 Å². The number of halogens is 1. The minimum absolute atomic E-state index is 0.115. The number of nitrogens with zero attached hydrogens (tertiary/aromatic N) is 2. The number of rotatable bonds is 5. The van der Waals surface area contributed by atoms with E-state index in [1.165, 1.54) is 19.3 Å². The molecule has 0 amide bonds. The first-order chi connectivity index (χ1) is 10.2. The number of anilines is 1. The number of methoxy groups -OCH3 is 1. The number of hydrogen-bond acceptors (Lipinski definition) is 4. The van der Waals surface area contributed by atoms with Crippen molar-refractivity contribution in [2.75, 3.05) is 12.4 Å². The first kappa shape index (κ1) is 14.9. The van der Waals surface area contributed by atoms with Crippen LogP contribution in [0.5, 0.6) is 0 Å². The smallest absolute Gasteiger partial charge is 0.291 e. The lowest BCUT2D eigenvalue weighted by Gasteiger charge is -2.26. The molecule has 116 valence electrons. The predicted octanol–water partition coefficient (Wildman–Crippen LogP) is 2.68. The molecule has 1 aromatic heterocycles. The largest absolute Gasteiger partial charge is 0.379 e. The number of nitrogens with one attached hydrogen (secondary N) is 1. The molecule has 1 aromatic rings. The van der Waals surface area contributed by atoms with Gasteiger partial charge in [-0.05, 0) is 38.0 Å². The van der Waals surface area contributed by atoms with Gasteiger partial charge in [-0.3, -0.25) is 4.79 Å². The molecule has 2 unspecified atom stereocenters. The SMILES string of the molecule is COC1CCCC1Nc1c(Cl)cnn(CC2CCC2)c1=O. The summed E-state index contributed by atoms with van der Waals surface area (Å²) in [6.45, 7) is 0.697. The molecule has 21 heavy (non-hydrogen) atoms. The Bertz CT molecular complexity index is 556. The Hall–Kier alpha value is -1.07. The van der Waals surface area contributed by atoms with Crippen LogP contribution in [-0.4, -0.2) is 29.0 Å². The van der Waals surface area contributed by atoms with Gasteiger partial charge in [-0.25, -0.2) is 4.68 Å². The monoisotopic (exact) mass is 311 g/mol. The van der Waals surface area contributed by atoms with Gasteiger partial charge in [0.25, 0.3) is 5.56 Å². The molecule has 0 radical (unpaired) electrons. The summed E-state index contributed by atoms with van der Waals surface area (Å²) in [4.78, 5) is 12.6. The van der Waals surface area contributed by atoms with Crippen LogP contribution in [0.4, 0.5) is 5.69 Å². The standard InChI is InChI=1S/C15H22ClN3O2/c1-21-13-7-3-6-12(13)18-14-11(16)8-17-19(15(14)20)9-10-4-2-5-10/h8,10,12-13,18H,2-7,9H2,1H3. The second kappa shape index (κ2) is 6.36. The number of ether oxygens (including phenoxy) is 1. The van der Waals surface area contributed by atoms with Crippen molar-refractivity contribution in [2.45, 2.75) is 57.2 Å². The van der Waals surface area contributed by atoms with E-state index < -0.39 is 0 Å². The molecule has 1 heterocycles. The summed E-state index contributed by atoms with van der Waals surface area (Å²) in [5.41, 5.74) is 0.357. The molecule has 0 bridgehead atoms. The van der Waals surface area contributed by atoms with E-state index in [-0.39, 0.29) is 17.7 Å². The van der Waals surface area contributed by atoms with Crippen LogP contribution in [0, 0.1) is 5.92 Å². The summed E-state index contributed by atoms with van der Waals surface area (Å²) in [7, 11) is 1.72. The predicted molar refractivity (Wildman–Crippen MR) is 82.9 cm³/mol. The van der Waals surface area contributed by atoms with Crippen LogP contribution in [0.3, 0.4) is 0 Å². The zero-order valence-corrected chi connectivity index (χ0v) is 13.1. The van der Waals surface area contributed by atoms with Crippen molar-refractivity contribution in [3.8, 4) is 0 Å². The summed E-state index contributed by atoms with van der Waals surface area (Å²) in [5, 5.41) is 7.87. The van der Waals surface area contributed by atoms with Crippen molar-refractivity contribution in [1.82, 2.24) is 9.78 Å². The highest BCUT2D eigenvalue weighted by molar-refractivity contribution is 6.33. The van der Waals surface area contributed by atoms with Crippen LogP contribution >= 0.6 is 11.6 Å². The molecule has 0 spiro atoms. The van der Waals surface area contributed by atoms with Gasteiger partial charge in [0.15, 0.2) is 0 Å². The lowest BCUT2D eigenvalue weighted by atomic mass is 9.85. The Morgan fingerprint density at radius 2 is 2.14 bits per heavy atom. The zero-order valence-electron chi connectivity index (χ0n) is 12.3. The quantitative estimate of drug-likeness (QED) is 0.908. The van der Waals surface area contributed by atoms with Gasteiger partial charge in [-0.2, -0.15) is 5.10 Å². The van der Waals surface area contributed by atoms with E-state index in [2.05, 4.69) is 10.4 Å².